The van der Waals surface area contributed by atoms with Crippen molar-refractivity contribution in [1.29, 1.82) is 0 Å². The molecule has 3 heterocycles. The summed E-state index contributed by atoms with van der Waals surface area (Å²) in [5.74, 6) is -1.05. The van der Waals surface area contributed by atoms with Crippen LogP contribution >= 0.6 is 11.3 Å². The van der Waals surface area contributed by atoms with Gasteiger partial charge in [0.05, 0.1) is 11.8 Å². The first-order valence-electron chi connectivity index (χ1n) is 4.73. The largest absolute Gasteiger partial charge is 0.476 e. The van der Waals surface area contributed by atoms with Crippen LogP contribution in [0.3, 0.4) is 0 Å². The maximum atomic E-state index is 11.0. The molecular weight excluding hydrogens is 240 g/mol. The number of rotatable bonds is 2. The smallest absolute Gasteiger partial charge is 0.356 e. The van der Waals surface area contributed by atoms with Gasteiger partial charge >= 0.3 is 5.97 Å². The van der Waals surface area contributed by atoms with E-state index in [9.17, 15) is 4.79 Å². The number of aromatic carboxylic acids is 1. The van der Waals surface area contributed by atoms with E-state index >= 15 is 0 Å². The second kappa shape index (κ2) is 3.63. The minimum atomic E-state index is -1.05. The second-order valence-corrected chi connectivity index (χ2v) is 4.16. The van der Waals surface area contributed by atoms with Crippen molar-refractivity contribution >= 4 is 23.0 Å². The fraction of sp³-hybridized carbons (Fsp3) is 0. The first-order valence-corrected chi connectivity index (χ1v) is 5.61. The Morgan fingerprint density at radius 1 is 1.35 bits per heavy atom. The Hall–Kier alpha value is -2.28. The summed E-state index contributed by atoms with van der Waals surface area (Å²) >= 11 is 1.47. The number of imidazole rings is 1. The van der Waals surface area contributed by atoms with Crippen molar-refractivity contribution in [2.24, 2.45) is 0 Å². The lowest BCUT2D eigenvalue weighted by Gasteiger charge is -1.99. The van der Waals surface area contributed by atoms with Crippen LogP contribution in [0.1, 0.15) is 10.5 Å². The molecule has 1 N–H and O–H groups in total. The van der Waals surface area contributed by atoms with Gasteiger partial charge in [0.15, 0.2) is 11.3 Å². The summed E-state index contributed by atoms with van der Waals surface area (Å²) in [6.45, 7) is 0. The number of carboxylic acids is 1. The molecule has 0 atom stereocenters. The van der Waals surface area contributed by atoms with E-state index in [-0.39, 0.29) is 5.69 Å². The van der Waals surface area contributed by atoms with E-state index in [0.717, 1.165) is 10.6 Å². The molecule has 0 aliphatic heterocycles. The SMILES string of the molecule is O=C(O)c1cnc2c(-c3nccs3)ccnn12. The number of thiazole rings is 1. The molecule has 7 heteroatoms. The number of fused-ring (bicyclic) bond motifs is 1. The zero-order chi connectivity index (χ0) is 11.8. The number of carboxylic acid groups (broad SMARTS) is 1. The summed E-state index contributed by atoms with van der Waals surface area (Å²) < 4.78 is 1.30. The van der Waals surface area contributed by atoms with Gasteiger partial charge in [-0.2, -0.15) is 5.10 Å². The molecule has 0 aliphatic carbocycles. The van der Waals surface area contributed by atoms with Crippen LogP contribution in [-0.2, 0) is 0 Å². The first kappa shape index (κ1) is 9.91. The van der Waals surface area contributed by atoms with Crippen LogP contribution in [0.4, 0.5) is 0 Å². The lowest BCUT2D eigenvalue weighted by molar-refractivity contribution is 0.0688. The molecule has 0 amide bonds. The third-order valence-corrected chi connectivity index (χ3v) is 3.09. The summed E-state index contributed by atoms with van der Waals surface area (Å²) in [5, 5.41) is 15.6. The van der Waals surface area contributed by atoms with E-state index in [0.29, 0.717) is 5.65 Å². The highest BCUT2D eigenvalue weighted by atomic mass is 32.1. The van der Waals surface area contributed by atoms with Crippen LogP contribution in [0.2, 0.25) is 0 Å². The molecule has 0 aliphatic rings. The van der Waals surface area contributed by atoms with Gasteiger partial charge in [0.25, 0.3) is 0 Å². The Kier molecular flexibility index (Phi) is 2.12. The van der Waals surface area contributed by atoms with Crippen molar-refractivity contribution in [3.05, 3.63) is 35.7 Å². The zero-order valence-electron chi connectivity index (χ0n) is 8.44. The number of nitrogens with zero attached hydrogens (tertiary/aromatic N) is 4. The Morgan fingerprint density at radius 3 is 2.94 bits per heavy atom. The van der Waals surface area contributed by atoms with Gasteiger partial charge in [-0.3, -0.25) is 0 Å². The van der Waals surface area contributed by atoms with Gasteiger partial charge < -0.3 is 5.11 Å². The van der Waals surface area contributed by atoms with Crippen molar-refractivity contribution in [2.75, 3.05) is 0 Å². The van der Waals surface area contributed by atoms with Crippen molar-refractivity contribution in [3.63, 3.8) is 0 Å². The van der Waals surface area contributed by atoms with E-state index in [4.69, 9.17) is 5.11 Å². The van der Waals surface area contributed by atoms with Gasteiger partial charge in [-0.1, -0.05) is 0 Å². The van der Waals surface area contributed by atoms with Crippen LogP contribution in [-0.4, -0.2) is 30.7 Å². The van der Waals surface area contributed by atoms with E-state index in [1.54, 1.807) is 12.3 Å². The lowest BCUT2D eigenvalue weighted by Crippen LogP contribution is -2.04. The molecule has 3 aromatic heterocycles. The molecule has 84 valence electrons. The molecule has 0 spiro atoms. The van der Waals surface area contributed by atoms with Crippen molar-refractivity contribution in [1.82, 2.24) is 19.6 Å². The Morgan fingerprint density at radius 2 is 2.24 bits per heavy atom. The van der Waals surface area contributed by atoms with Crippen LogP contribution in [0, 0.1) is 0 Å². The molecule has 0 bridgehead atoms. The molecule has 0 radical (unpaired) electrons. The van der Waals surface area contributed by atoms with Crippen LogP contribution in [0.25, 0.3) is 16.2 Å². The molecule has 6 nitrogen and oxygen atoms in total. The van der Waals surface area contributed by atoms with Crippen molar-refractivity contribution < 1.29 is 9.90 Å². The zero-order valence-corrected chi connectivity index (χ0v) is 9.26. The van der Waals surface area contributed by atoms with Gasteiger partial charge in [0, 0.05) is 17.8 Å². The monoisotopic (exact) mass is 246 g/mol. The van der Waals surface area contributed by atoms with Gasteiger partial charge in [-0.25, -0.2) is 19.3 Å². The third kappa shape index (κ3) is 1.48. The van der Waals surface area contributed by atoms with Crippen LogP contribution in [0.15, 0.2) is 30.0 Å². The molecule has 3 aromatic rings. The minimum absolute atomic E-state index is 0.0402. The fourth-order valence-corrected chi connectivity index (χ4v) is 2.22. The van der Waals surface area contributed by atoms with Crippen molar-refractivity contribution in [2.45, 2.75) is 0 Å². The Labute approximate surface area is 99.2 Å². The molecule has 0 saturated heterocycles. The highest BCUT2D eigenvalue weighted by molar-refractivity contribution is 7.13. The molecule has 0 unspecified atom stereocenters. The summed E-state index contributed by atoms with van der Waals surface area (Å²) in [6, 6.07) is 1.77. The molecular formula is C10H6N4O2S. The van der Waals surface area contributed by atoms with Gasteiger partial charge in [-0.05, 0) is 6.07 Å². The topological polar surface area (TPSA) is 80.4 Å². The molecule has 0 fully saturated rings. The predicted molar refractivity (Wildman–Crippen MR) is 61.1 cm³/mol. The summed E-state index contributed by atoms with van der Waals surface area (Å²) in [5.41, 5.74) is 1.32. The fourth-order valence-electron chi connectivity index (χ4n) is 1.56. The average molecular weight is 246 g/mol. The molecule has 0 aromatic carbocycles. The summed E-state index contributed by atoms with van der Waals surface area (Å²) in [6.07, 6.45) is 4.53. The maximum Gasteiger partial charge on any atom is 0.356 e. The van der Waals surface area contributed by atoms with Crippen LogP contribution < -0.4 is 0 Å². The van der Waals surface area contributed by atoms with Crippen molar-refractivity contribution in [3.8, 4) is 10.6 Å². The third-order valence-electron chi connectivity index (χ3n) is 2.28. The van der Waals surface area contributed by atoms with E-state index < -0.39 is 5.97 Å². The Bertz CT molecular complexity index is 689. The predicted octanol–water partition coefficient (Wildman–Crippen LogP) is 1.55. The maximum absolute atomic E-state index is 11.0. The summed E-state index contributed by atoms with van der Waals surface area (Å²) in [7, 11) is 0. The normalized spacial score (nSPS) is 10.8. The van der Waals surface area contributed by atoms with Gasteiger partial charge in [0.1, 0.15) is 5.01 Å². The number of carbonyl (C=O) groups is 1. The lowest BCUT2D eigenvalue weighted by atomic mass is 10.3. The quantitative estimate of drug-likeness (QED) is 0.742. The number of hydrogen-bond acceptors (Lipinski definition) is 5. The van der Waals surface area contributed by atoms with Gasteiger partial charge in [-0.15, -0.1) is 11.3 Å². The second-order valence-electron chi connectivity index (χ2n) is 3.27. The number of hydrogen-bond donors (Lipinski definition) is 1. The molecule has 17 heavy (non-hydrogen) atoms. The highest BCUT2D eigenvalue weighted by Crippen LogP contribution is 2.25. The minimum Gasteiger partial charge on any atom is -0.476 e. The average Bonchev–Trinajstić information content (AvgIpc) is 2.97. The standard InChI is InChI=1S/C10H6N4O2S/c15-10(16)7-5-12-8-6(1-2-13-14(7)8)9-11-3-4-17-9/h1-5H,(H,15,16). The molecule has 3 rings (SSSR count). The van der Waals surface area contributed by atoms with E-state index in [1.807, 2.05) is 5.38 Å². The highest BCUT2D eigenvalue weighted by Gasteiger charge is 2.15. The summed E-state index contributed by atoms with van der Waals surface area (Å²) in [4.78, 5) is 19.2. The Balaban J connectivity index is 2.32. The van der Waals surface area contributed by atoms with E-state index in [2.05, 4.69) is 15.1 Å². The van der Waals surface area contributed by atoms with E-state index in [1.165, 1.54) is 28.2 Å². The first-order chi connectivity index (χ1) is 8.27. The van der Waals surface area contributed by atoms with Gasteiger partial charge in [0.2, 0.25) is 0 Å². The molecule has 0 saturated carbocycles. The number of aromatic nitrogens is 4. The van der Waals surface area contributed by atoms with Crippen LogP contribution in [0.5, 0.6) is 0 Å².